The number of hydrogen-bond donors (Lipinski definition) is 0. The van der Waals surface area contributed by atoms with Crippen LogP contribution in [0.2, 0.25) is 0 Å². The number of nitro benzene ring substituents is 1. The zero-order valence-electron chi connectivity index (χ0n) is 12.1. The molecule has 21 heavy (non-hydrogen) atoms. The second-order valence-electron chi connectivity index (χ2n) is 5.57. The molecule has 0 aliphatic heterocycles. The van der Waals surface area contributed by atoms with Crippen molar-refractivity contribution in [2.75, 3.05) is 19.0 Å². The first-order valence-corrected chi connectivity index (χ1v) is 8.23. The van der Waals surface area contributed by atoms with Gasteiger partial charge in [-0.2, -0.15) is 0 Å². The summed E-state index contributed by atoms with van der Waals surface area (Å²) in [5.74, 6) is 0.845. The van der Waals surface area contributed by atoms with Crippen LogP contribution >= 0.6 is 15.9 Å². The monoisotopic (exact) mass is 357 g/mol. The van der Waals surface area contributed by atoms with Crippen LogP contribution in [0.25, 0.3) is 0 Å². The number of rotatable bonds is 6. The van der Waals surface area contributed by atoms with E-state index >= 15 is 0 Å². The lowest BCUT2D eigenvalue weighted by Crippen LogP contribution is -2.32. The van der Waals surface area contributed by atoms with Crippen molar-refractivity contribution in [2.45, 2.75) is 32.1 Å². The summed E-state index contributed by atoms with van der Waals surface area (Å²) in [5.41, 5.74) is 0.0613. The third-order valence-electron chi connectivity index (χ3n) is 4.10. The molecule has 116 valence electrons. The van der Waals surface area contributed by atoms with Gasteiger partial charge in [0.2, 0.25) is 5.75 Å². The first-order chi connectivity index (χ1) is 10.1. The van der Waals surface area contributed by atoms with Gasteiger partial charge in [0.25, 0.3) is 0 Å². The van der Waals surface area contributed by atoms with Gasteiger partial charge < -0.3 is 9.47 Å². The minimum Gasteiger partial charge on any atom is -0.497 e. The minimum atomic E-state index is -0.420. The van der Waals surface area contributed by atoms with Crippen molar-refractivity contribution < 1.29 is 14.4 Å². The lowest BCUT2D eigenvalue weighted by molar-refractivity contribution is -0.386. The zero-order chi connectivity index (χ0) is 15.3. The predicted octanol–water partition coefficient (Wildman–Crippen LogP) is 4.33. The first kappa shape index (κ1) is 16.1. The third kappa shape index (κ3) is 3.87. The smallest absolute Gasteiger partial charge is 0.311 e. The van der Waals surface area contributed by atoms with E-state index < -0.39 is 4.92 Å². The van der Waals surface area contributed by atoms with Gasteiger partial charge in [0.1, 0.15) is 5.75 Å². The van der Waals surface area contributed by atoms with Crippen molar-refractivity contribution >= 4 is 21.6 Å². The molecule has 0 amide bonds. The Labute approximate surface area is 132 Å². The van der Waals surface area contributed by atoms with E-state index in [2.05, 4.69) is 15.9 Å². The van der Waals surface area contributed by atoms with Crippen LogP contribution in [0, 0.1) is 15.5 Å². The summed E-state index contributed by atoms with van der Waals surface area (Å²) in [6.07, 6.45) is 5.82. The normalized spacial score (nSPS) is 17.2. The van der Waals surface area contributed by atoms with Gasteiger partial charge in [-0.3, -0.25) is 10.1 Å². The molecule has 1 aliphatic rings. The number of alkyl halides is 1. The number of ether oxygens (including phenoxy) is 2. The number of methoxy groups -OCH3 is 1. The van der Waals surface area contributed by atoms with Crippen molar-refractivity contribution in [1.82, 2.24) is 0 Å². The molecule has 2 rings (SSSR count). The largest absolute Gasteiger partial charge is 0.497 e. The molecule has 0 bridgehead atoms. The van der Waals surface area contributed by atoms with E-state index in [4.69, 9.17) is 9.47 Å². The van der Waals surface area contributed by atoms with Gasteiger partial charge in [0.05, 0.1) is 18.6 Å². The Morgan fingerprint density at radius 2 is 2.05 bits per heavy atom. The number of benzene rings is 1. The second kappa shape index (κ2) is 7.11. The average molecular weight is 358 g/mol. The molecular weight excluding hydrogens is 338 g/mol. The molecule has 6 heteroatoms. The average Bonchev–Trinajstić information content (AvgIpc) is 2.53. The Morgan fingerprint density at radius 1 is 1.33 bits per heavy atom. The van der Waals surface area contributed by atoms with Crippen LogP contribution in [0.5, 0.6) is 11.5 Å². The van der Waals surface area contributed by atoms with Crippen LogP contribution in [0.1, 0.15) is 32.1 Å². The standard InChI is InChI=1S/C15H20BrNO4/c1-20-12-5-6-13(17(18)19)14(9-12)21-11-15(10-16)7-3-2-4-8-15/h5-6,9H,2-4,7-8,10-11H2,1H3. The fraction of sp³-hybridized carbons (Fsp3) is 0.600. The van der Waals surface area contributed by atoms with Gasteiger partial charge in [0.15, 0.2) is 0 Å². The van der Waals surface area contributed by atoms with Crippen molar-refractivity contribution in [3.63, 3.8) is 0 Å². The van der Waals surface area contributed by atoms with Gasteiger partial charge in [-0.1, -0.05) is 35.2 Å². The fourth-order valence-corrected chi connectivity index (χ4v) is 3.46. The molecule has 0 atom stereocenters. The quantitative estimate of drug-likeness (QED) is 0.431. The summed E-state index contributed by atoms with van der Waals surface area (Å²) in [6.45, 7) is 0.492. The van der Waals surface area contributed by atoms with Gasteiger partial charge >= 0.3 is 5.69 Å². The van der Waals surface area contributed by atoms with Crippen LogP contribution in [-0.4, -0.2) is 24.0 Å². The molecule has 1 aliphatic carbocycles. The molecule has 0 aromatic heterocycles. The molecule has 1 fully saturated rings. The summed E-state index contributed by atoms with van der Waals surface area (Å²) < 4.78 is 10.9. The van der Waals surface area contributed by atoms with E-state index in [1.807, 2.05) is 0 Å². The second-order valence-corrected chi connectivity index (χ2v) is 6.13. The van der Waals surface area contributed by atoms with Crippen LogP contribution in [0.15, 0.2) is 18.2 Å². The molecular formula is C15H20BrNO4. The summed E-state index contributed by atoms with van der Waals surface area (Å²) in [6, 6.07) is 4.59. The SMILES string of the molecule is COc1ccc([N+](=O)[O-])c(OCC2(CBr)CCCCC2)c1. The molecule has 1 saturated carbocycles. The number of hydrogen-bond acceptors (Lipinski definition) is 4. The predicted molar refractivity (Wildman–Crippen MR) is 84.5 cm³/mol. The van der Waals surface area contributed by atoms with Crippen molar-refractivity contribution in [3.05, 3.63) is 28.3 Å². The van der Waals surface area contributed by atoms with E-state index in [0.717, 1.165) is 18.2 Å². The molecule has 5 nitrogen and oxygen atoms in total. The molecule has 0 unspecified atom stereocenters. The Kier molecular flexibility index (Phi) is 5.45. The maximum Gasteiger partial charge on any atom is 0.311 e. The van der Waals surface area contributed by atoms with E-state index in [1.54, 1.807) is 12.1 Å². The number of nitro groups is 1. The highest BCUT2D eigenvalue weighted by Crippen LogP contribution is 2.40. The zero-order valence-corrected chi connectivity index (χ0v) is 13.7. The fourth-order valence-electron chi connectivity index (χ4n) is 2.74. The molecule has 0 saturated heterocycles. The summed E-state index contributed by atoms with van der Waals surface area (Å²) in [5, 5.41) is 12.0. The van der Waals surface area contributed by atoms with Crippen LogP contribution in [-0.2, 0) is 0 Å². The Bertz CT molecular complexity index is 500. The van der Waals surface area contributed by atoms with E-state index in [0.29, 0.717) is 12.4 Å². The highest BCUT2D eigenvalue weighted by atomic mass is 79.9. The van der Waals surface area contributed by atoms with Gasteiger partial charge in [0, 0.05) is 22.9 Å². The summed E-state index contributed by atoms with van der Waals surface area (Å²) in [4.78, 5) is 10.7. The minimum absolute atomic E-state index is 0.0173. The lowest BCUT2D eigenvalue weighted by Gasteiger charge is -2.35. The highest BCUT2D eigenvalue weighted by molar-refractivity contribution is 9.09. The first-order valence-electron chi connectivity index (χ1n) is 7.11. The van der Waals surface area contributed by atoms with E-state index in [9.17, 15) is 10.1 Å². The van der Waals surface area contributed by atoms with Crippen LogP contribution in [0.3, 0.4) is 0 Å². The Hall–Kier alpha value is -1.30. The van der Waals surface area contributed by atoms with Crippen molar-refractivity contribution in [3.8, 4) is 11.5 Å². The third-order valence-corrected chi connectivity index (χ3v) is 5.28. The molecule has 0 N–H and O–H groups in total. The van der Waals surface area contributed by atoms with Crippen LogP contribution < -0.4 is 9.47 Å². The Morgan fingerprint density at radius 3 is 2.62 bits per heavy atom. The molecule has 0 heterocycles. The molecule has 0 radical (unpaired) electrons. The lowest BCUT2D eigenvalue weighted by atomic mass is 9.76. The van der Waals surface area contributed by atoms with Crippen LogP contribution in [0.4, 0.5) is 5.69 Å². The van der Waals surface area contributed by atoms with Gasteiger partial charge in [-0.05, 0) is 18.9 Å². The van der Waals surface area contributed by atoms with Gasteiger partial charge in [-0.25, -0.2) is 0 Å². The number of nitrogens with zero attached hydrogens (tertiary/aromatic N) is 1. The number of halogens is 1. The maximum atomic E-state index is 11.1. The maximum absolute atomic E-state index is 11.1. The van der Waals surface area contributed by atoms with E-state index in [-0.39, 0.29) is 16.9 Å². The highest BCUT2D eigenvalue weighted by Gasteiger charge is 2.32. The molecule has 1 aromatic carbocycles. The summed E-state index contributed by atoms with van der Waals surface area (Å²) >= 11 is 3.58. The molecule has 1 aromatic rings. The summed E-state index contributed by atoms with van der Waals surface area (Å²) in [7, 11) is 1.53. The topological polar surface area (TPSA) is 61.6 Å². The van der Waals surface area contributed by atoms with Crippen molar-refractivity contribution in [2.24, 2.45) is 5.41 Å². The van der Waals surface area contributed by atoms with Gasteiger partial charge in [-0.15, -0.1) is 0 Å². The van der Waals surface area contributed by atoms with Crippen molar-refractivity contribution in [1.29, 1.82) is 0 Å². The Balaban J connectivity index is 2.15. The molecule has 0 spiro atoms. The van der Waals surface area contributed by atoms with E-state index in [1.165, 1.54) is 32.4 Å².